The summed E-state index contributed by atoms with van der Waals surface area (Å²) in [5.74, 6) is -2.39. The van der Waals surface area contributed by atoms with Gasteiger partial charge in [0.15, 0.2) is 17.4 Å². The number of Topliss-reactive ketones (excluding diaryl/α,β-unsaturated/α-hetero) is 1. The van der Waals surface area contributed by atoms with E-state index in [1.54, 1.807) is 19.3 Å². The molecule has 0 saturated carbocycles. The number of aryl methyl sites for hydroxylation is 1. The molecule has 0 amide bonds. The molecule has 0 spiro atoms. The van der Waals surface area contributed by atoms with Crippen LogP contribution in [0.4, 0.5) is 8.78 Å². The Bertz CT molecular complexity index is 941. The average molecular weight is 302 g/mol. The molecule has 1 N–H and O–H groups in total. The fourth-order valence-electron chi connectivity index (χ4n) is 2.40. The van der Waals surface area contributed by atoms with Crippen LogP contribution >= 0.6 is 0 Å². The fourth-order valence-corrected chi connectivity index (χ4v) is 2.40. The Morgan fingerprint density at radius 3 is 2.82 bits per heavy atom. The maximum Gasteiger partial charge on any atom is 0.274 e. The summed E-state index contributed by atoms with van der Waals surface area (Å²) in [6.45, 7) is 0. The van der Waals surface area contributed by atoms with E-state index in [0.29, 0.717) is 10.9 Å². The third-order valence-electron chi connectivity index (χ3n) is 3.60. The zero-order valence-electron chi connectivity index (χ0n) is 11.7. The number of pyridine rings is 1. The summed E-state index contributed by atoms with van der Waals surface area (Å²) in [5, 5.41) is 0.477. The Morgan fingerprint density at radius 2 is 2.05 bits per heavy atom. The quantitative estimate of drug-likeness (QED) is 0.756. The highest BCUT2D eigenvalue weighted by molar-refractivity contribution is 6.08. The third kappa shape index (κ3) is 2.22. The minimum atomic E-state index is -1.02. The van der Waals surface area contributed by atoms with E-state index in [0.717, 1.165) is 6.07 Å². The van der Waals surface area contributed by atoms with Gasteiger partial charge in [-0.05, 0) is 17.7 Å². The average Bonchev–Trinajstić information content (AvgIpc) is 2.92. The van der Waals surface area contributed by atoms with E-state index in [-0.39, 0.29) is 28.9 Å². The van der Waals surface area contributed by atoms with Gasteiger partial charge < -0.3 is 9.55 Å². The van der Waals surface area contributed by atoms with Gasteiger partial charge in [0.1, 0.15) is 5.52 Å². The van der Waals surface area contributed by atoms with Crippen LogP contribution in [0.5, 0.6) is 0 Å². The summed E-state index contributed by atoms with van der Waals surface area (Å²) in [6, 6.07) is 5.36. The molecule has 3 aromatic rings. The number of nitrogens with zero attached hydrogens (tertiary/aromatic N) is 1. The van der Waals surface area contributed by atoms with Gasteiger partial charge in [-0.25, -0.2) is 8.78 Å². The highest BCUT2D eigenvalue weighted by Crippen LogP contribution is 2.19. The van der Waals surface area contributed by atoms with E-state index in [4.69, 9.17) is 0 Å². The minimum absolute atomic E-state index is 0.0109. The maximum atomic E-state index is 13.6. The van der Waals surface area contributed by atoms with E-state index in [9.17, 15) is 18.4 Å². The number of benzene rings is 1. The van der Waals surface area contributed by atoms with E-state index < -0.39 is 11.6 Å². The summed E-state index contributed by atoms with van der Waals surface area (Å²) in [7, 11) is 1.60. The number of aromatic nitrogens is 2. The number of carbonyl (C=O) groups is 1. The van der Waals surface area contributed by atoms with Crippen LogP contribution in [0.2, 0.25) is 0 Å². The molecular formula is C16H12F2N2O2. The Morgan fingerprint density at radius 1 is 1.27 bits per heavy atom. The Labute approximate surface area is 124 Å². The number of rotatable bonds is 3. The van der Waals surface area contributed by atoms with Crippen LogP contribution in [0.25, 0.3) is 10.9 Å². The second-order valence-electron chi connectivity index (χ2n) is 5.04. The van der Waals surface area contributed by atoms with Gasteiger partial charge in [0.2, 0.25) is 0 Å². The van der Waals surface area contributed by atoms with Gasteiger partial charge >= 0.3 is 0 Å². The molecule has 0 aliphatic rings. The van der Waals surface area contributed by atoms with Crippen molar-refractivity contribution in [2.45, 2.75) is 6.42 Å². The highest BCUT2D eigenvalue weighted by atomic mass is 19.2. The first-order chi connectivity index (χ1) is 10.5. The standard InChI is InChI=1S/C16H12F2N2O2/c1-20-6-5-10-11(8-19-15(10)16(20)22)13(21)7-9-3-2-4-12(17)14(9)18/h2-6,8,19H,7H2,1H3. The van der Waals surface area contributed by atoms with Crippen molar-refractivity contribution in [2.75, 3.05) is 0 Å². The van der Waals surface area contributed by atoms with Gasteiger partial charge in [-0.15, -0.1) is 0 Å². The number of H-pyrrole nitrogens is 1. The summed E-state index contributed by atoms with van der Waals surface area (Å²) in [4.78, 5) is 27.0. The molecule has 1 aromatic carbocycles. The zero-order valence-corrected chi connectivity index (χ0v) is 11.7. The molecule has 0 aliphatic heterocycles. The maximum absolute atomic E-state index is 13.6. The third-order valence-corrected chi connectivity index (χ3v) is 3.60. The lowest BCUT2D eigenvalue weighted by molar-refractivity contribution is 0.0993. The van der Waals surface area contributed by atoms with Crippen molar-refractivity contribution >= 4 is 16.7 Å². The molecule has 0 radical (unpaired) electrons. The molecule has 3 rings (SSSR count). The van der Waals surface area contributed by atoms with Crippen LogP contribution in [0.1, 0.15) is 15.9 Å². The first-order valence-corrected chi connectivity index (χ1v) is 6.62. The van der Waals surface area contributed by atoms with Crippen molar-refractivity contribution in [3.8, 4) is 0 Å². The Hall–Kier alpha value is -2.76. The first-order valence-electron chi connectivity index (χ1n) is 6.62. The predicted molar refractivity (Wildman–Crippen MR) is 77.9 cm³/mol. The normalized spacial score (nSPS) is 11.0. The van der Waals surface area contributed by atoms with Gasteiger partial charge in [-0.1, -0.05) is 12.1 Å². The van der Waals surface area contributed by atoms with E-state index in [2.05, 4.69) is 4.98 Å². The van der Waals surface area contributed by atoms with Gasteiger partial charge in [0.25, 0.3) is 5.56 Å². The van der Waals surface area contributed by atoms with Gasteiger partial charge in [-0.2, -0.15) is 0 Å². The molecule has 2 heterocycles. The Balaban J connectivity index is 2.01. The lowest BCUT2D eigenvalue weighted by Crippen LogP contribution is -2.15. The molecule has 0 fully saturated rings. The van der Waals surface area contributed by atoms with E-state index >= 15 is 0 Å². The van der Waals surface area contributed by atoms with Gasteiger partial charge in [0, 0.05) is 36.8 Å². The minimum Gasteiger partial charge on any atom is -0.356 e. The molecule has 4 nitrogen and oxygen atoms in total. The van der Waals surface area contributed by atoms with E-state index in [1.165, 1.54) is 22.9 Å². The molecular weight excluding hydrogens is 290 g/mol. The monoisotopic (exact) mass is 302 g/mol. The van der Waals surface area contributed by atoms with Crippen LogP contribution in [0.15, 0.2) is 41.5 Å². The summed E-state index contributed by atoms with van der Waals surface area (Å²) < 4.78 is 28.2. The van der Waals surface area contributed by atoms with Gasteiger partial charge in [0.05, 0.1) is 0 Å². The SMILES string of the molecule is Cn1ccc2c(C(=O)Cc3cccc(F)c3F)c[nH]c2c1=O. The first kappa shape index (κ1) is 14.2. The summed E-state index contributed by atoms with van der Waals surface area (Å²) in [6.07, 6.45) is 2.70. The van der Waals surface area contributed by atoms with Crippen LogP contribution in [0.3, 0.4) is 0 Å². The lowest BCUT2D eigenvalue weighted by atomic mass is 10.0. The number of halogens is 2. The number of carbonyl (C=O) groups excluding carboxylic acids is 1. The number of hydrogen-bond donors (Lipinski definition) is 1. The molecule has 6 heteroatoms. The second-order valence-corrected chi connectivity index (χ2v) is 5.04. The van der Waals surface area contributed by atoms with Crippen molar-refractivity contribution in [1.82, 2.24) is 9.55 Å². The van der Waals surface area contributed by atoms with Crippen molar-refractivity contribution in [3.05, 3.63) is 69.8 Å². The molecule has 112 valence electrons. The highest BCUT2D eigenvalue weighted by Gasteiger charge is 2.17. The Kier molecular flexibility index (Phi) is 3.36. The predicted octanol–water partition coefficient (Wildman–Crippen LogP) is 2.57. The van der Waals surface area contributed by atoms with E-state index in [1.807, 2.05) is 0 Å². The molecule has 0 aliphatic carbocycles. The van der Waals surface area contributed by atoms with Crippen LogP contribution in [-0.2, 0) is 13.5 Å². The summed E-state index contributed by atoms with van der Waals surface area (Å²) in [5.41, 5.74) is 0.334. The number of nitrogens with one attached hydrogen (secondary N) is 1. The molecule has 2 aromatic heterocycles. The fraction of sp³-hybridized carbons (Fsp3) is 0.125. The molecule has 0 atom stereocenters. The van der Waals surface area contributed by atoms with Crippen LogP contribution < -0.4 is 5.56 Å². The topological polar surface area (TPSA) is 54.9 Å². The van der Waals surface area contributed by atoms with Crippen LogP contribution in [-0.4, -0.2) is 15.3 Å². The number of aromatic amines is 1. The molecule has 0 saturated heterocycles. The molecule has 0 unspecified atom stereocenters. The summed E-state index contributed by atoms with van der Waals surface area (Å²) >= 11 is 0. The lowest BCUT2D eigenvalue weighted by Gasteiger charge is -2.03. The molecule has 0 bridgehead atoms. The van der Waals surface area contributed by atoms with Crippen molar-refractivity contribution in [2.24, 2.45) is 7.05 Å². The zero-order chi connectivity index (χ0) is 15.9. The van der Waals surface area contributed by atoms with Crippen molar-refractivity contribution in [3.63, 3.8) is 0 Å². The number of fused-ring (bicyclic) bond motifs is 1. The van der Waals surface area contributed by atoms with Gasteiger partial charge in [-0.3, -0.25) is 9.59 Å². The number of ketones is 1. The van der Waals surface area contributed by atoms with Crippen LogP contribution in [0, 0.1) is 11.6 Å². The largest absolute Gasteiger partial charge is 0.356 e. The van der Waals surface area contributed by atoms with Crippen molar-refractivity contribution in [1.29, 1.82) is 0 Å². The molecule has 22 heavy (non-hydrogen) atoms. The second kappa shape index (κ2) is 5.22. The number of hydrogen-bond acceptors (Lipinski definition) is 2. The van der Waals surface area contributed by atoms with Crippen molar-refractivity contribution < 1.29 is 13.6 Å². The smallest absolute Gasteiger partial charge is 0.274 e.